The second-order valence-corrected chi connectivity index (χ2v) is 4.11. The molecule has 0 fully saturated rings. The monoisotopic (exact) mass is 207 g/mol. The third-order valence-corrected chi connectivity index (χ3v) is 2.27. The van der Waals surface area contributed by atoms with Crippen LogP contribution in [-0.4, -0.2) is 19.7 Å². The maximum Gasteiger partial charge on any atom is 0.0713 e. The van der Waals surface area contributed by atoms with E-state index in [1.54, 1.807) is 7.11 Å². The topological polar surface area (TPSA) is 21.3 Å². The second kappa shape index (κ2) is 6.59. The minimum atomic E-state index is 0.562. The quantitative estimate of drug-likeness (QED) is 0.773. The number of hydrogen-bond donors (Lipinski definition) is 1. The van der Waals surface area contributed by atoms with E-state index in [4.69, 9.17) is 4.74 Å². The Labute approximate surface area is 92.6 Å². The molecule has 2 heteroatoms. The highest BCUT2D eigenvalue weighted by Crippen LogP contribution is 2.06. The number of nitrogens with one attached hydrogen (secondary N) is 1. The van der Waals surface area contributed by atoms with E-state index in [2.05, 4.69) is 43.4 Å². The molecule has 0 unspecified atom stereocenters. The third-order valence-electron chi connectivity index (χ3n) is 2.27. The number of ether oxygens (including phenoxy) is 1. The van der Waals surface area contributed by atoms with Crippen molar-refractivity contribution in [1.82, 2.24) is 5.32 Å². The first kappa shape index (κ1) is 12.2. The molecule has 2 nitrogen and oxygen atoms in total. The Bertz CT molecular complexity index is 284. The molecule has 0 radical (unpaired) electrons. The molecule has 84 valence electrons. The molecule has 0 saturated carbocycles. The van der Waals surface area contributed by atoms with E-state index in [1.807, 2.05) is 0 Å². The van der Waals surface area contributed by atoms with Crippen LogP contribution in [0.1, 0.15) is 25.0 Å². The van der Waals surface area contributed by atoms with E-state index in [-0.39, 0.29) is 0 Å². The molecule has 0 saturated heterocycles. The van der Waals surface area contributed by atoms with E-state index < -0.39 is 0 Å². The zero-order valence-electron chi connectivity index (χ0n) is 9.92. The Morgan fingerprint density at radius 2 is 2.00 bits per heavy atom. The lowest BCUT2D eigenvalue weighted by molar-refractivity contribution is 0.185. The first-order valence-electron chi connectivity index (χ1n) is 5.52. The maximum atomic E-state index is 5.11. The molecule has 0 bridgehead atoms. The van der Waals surface area contributed by atoms with Gasteiger partial charge in [-0.1, -0.05) is 38.1 Å². The normalized spacial score (nSPS) is 10.9. The Hall–Kier alpha value is -0.860. The number of methoxy groups -OCH3 is 1. The summed E-state index contributed by atoms with van der Waals surface area (Å²) in [5.41, 5.74) is 2.62. The molecule has 0 spiro atoms. The highest BCUT2D eigenvalue weighted by molar-refractivity contribution is 5.23. The molecule has 1 rings (SSSR count). The van der Waals surface area contributed by atoms with Crippen LogP contribution in [-0.2, 0) is 17.8 Å². The Morgan fingerprint density at radius 3 is 2.67 bits per heavy atom. The zero-order chi connectivity index (χ0) is 11.1. The lowest BCUT2D eigenvalue weighted by atomic mass is 10.1. The van der Waals surface area contributed by atoms with Crippen molar-refractivity contribution in [2.24, 2.45) is 0 Å². The standard InChI is InChI=1S/C13H21NO/c1-11(2)14-8-7-12-5-4-6-13(9-12)10-15-3/h4-6,9,11,14H,7-8,10H2,1-3H3. The van der Waals surface area contributed by atoms with Gasteiger partial charge in [0.15, 0.2) is 0 Å². The Kier molecular flexibility index (Phi) is 5.37. The smallest absolute Gasteiger partial charge is 0.0713 e. The van der Waals surface area contributed by atoms with Crippen LogP contribution >= 0.6 is 0 Å². The summed E-state index contributed by atoms with van der Waals surface area (Å²) in [6.45, 7) is 6.07. The van der Waals surface area contributed by atoms with Gasteiger partial charge in [-0.05, 0) is 24.1 Å². The molecule has 0 aliphatic heterocycles. The average Bonchev–Trinajstić information content (AvgIpc) is 2.18. The minimum Gasteiger partial charge on any atom is -0.380 e. The van der Waals surface area contributed by atoms with Crippen molar-refractivity contribution in [3.05, 3.63) is 35.4 Å². The summed E-state index contributed by atoms with van der Waals surface area (Å²) in [7, 11) is 1.73. The number of hydrogen-bond acceptors (Lipinski definition) is 2. The second-order valence-electron chi connectivity index (χ2n) is 4.11. The van der Waals surface area contributed by atoms with Crippen molar-refractivity contribution >= 4 is 0 Å². The van der Waals surface area contributed by atoms with Gasteiger partial charge in [0.1, 0.15) is 0 Å². The summed E-state index contributed by atoms with van der Waals surface area (Å²) in [6.07, 6.45) is 1.08. The third kappa shape index (κ3) is 4.96. The average molecular weight is 207 g/mol. The Morgan fingerprint density at radius 1 is 1.27 bits per heavy atom. The van der Waals surface area contributed by atoms with E-state index in [9.17, 15) is 0 Å². The Balaban J connectivity index is 2.43. The molecule has 0 aliphatic carbocycles. The van der Waals surface area contributed by atoms with Crippen LogP contribution in [0.15, 0.2) is 24.3 Å². The van der Waals surface area contributed by atoms with Gasteiger partial charge in [-0.3, -0.25) is 0 Å². The van der Waals surface area contributed by atoms with E-state index >= 15 is 0 Å². The highest BCUT2D eigenvalue weighted by atomic mass is 16.5. The fourth-order valence-corrected chi connectivity index (χ4v) is 1.55. The van der Waals surface area contributed by atoms with Crippen molar-refractivity contribution in [2.45, 2.75) is 32.9 Å². The number of rotatable bonds is 6. The van der Waals surface area contributed by atoms with Crippen LogP contribution in [0.4, 0.5) is 0 Å². The summed E-state index contributed by atoms with van der Waals surface area (Å²) in [5.74, 6) is 0. The molecular formula is C13H21NO. The van der Waals surface area contributed by atoms with Crippen molar-refractivity contribution in [2.75, 3.05) is 13.7 Å². The van der Waals surface area contributed by atoms with Crippen molar-refractivity contribution in [3.63, 3.8) is 0 Å². The van der Waals surface area contributed by atoms with Gasteiger partial charge < -0.3 is 10.1 Å². The molecule has 0 heterocycles. The summed E-state index contributed by atoms with van der Waals surface area (Å²) >= 11 is 0. The first-order chi connectivity index (χ1) is 7.22. The van der Waals surface area contributed by atoms with Crippen LogP contribution in [0.2, 0.25) is 0 Å². The molecular weight excluding hydrogens is 186 g/mol. The summed E-state index contributed by atoms with van der Waals surface area (Å²) in [4.78, 5) is 0. The molecule has 1 N–H and O–H groups in total. The summed E-state index contributed by atoms with van der Waals surface area (Å²) in [5, 5.41) is 3.41. The van der Waals surface area contributed by atoms with Gasteiger partial charge in [-0.2, -0.15) is 0 Å². The van der Waals surface area contributed by atoms with E-state index in [0.717, 1.165) is 13.0 Å². The van der Waals surface area contributed by atoms with Crippen molar-refractivity contribution < 1.29 is 4.74 Å². The SMILES string of the molecule is COCc1cccc(CCNC(C)C)c1. The van der Waals surface area contributed by atoms with Gasteiger partial charge in [0, 0.05) is 13.2 Å². The van der Waals surface area contributed by atoms with Crippen LogP contribution in [0.5, 0.6) is 0 Å². The predicted octanol–water partition coefficient (Wildman–Crippen LogP) is 2.37. The van der Waals surface area contributed by atoms with Gasteiger partial charge in [0.05, 0.1) is 6.61 Å². The van der Waals surface area contributed by atoms with Gasteiger partial charge in [-0.15, -0.1) is 0 Å². The largest absolute Gasteiger partial charge is 0.380 e. The van der Waals surface area contributed by atoms with Crippen LogP contribution < -0.4 is 5.32 Å². The van der Waals surface area contributed by atoms with Crippen LogP contribution in [0.3, 0.4) is 0 Å². The van der Waals surface area contributed by atoms with Crippen LogP contribution in [0.25, 0.3) is 0 Å². The van der Waals surface area contributed by atoms with Gasteiger partial charge in [-0.25, -0.2) is 0 Å². The van der Waals surface area contributed by atoms with E-state index in [0.29, 0.717) is 12.6 Å². The lowest BCUT2D eigenvalue weighted by Crippen LogP contribution is -2.24. The van der Waals surface area contributed by atoms with Gasteiger partial charge in [0.2, 0.25) is 0 Å². The van der Waals surface area contributed by atoms with Gasteiger partial charge in [0.25, 0.3) is 0 Å². The van der Waals surface area contributed by atoms with Crippen LogP contribution in [0, 0.1) is 0 Å². The lowest BCUT2D eigenvalue weighted by Gasteiger charge is -2.08. The summed E-state index contributed by atoms with van der Waals surface area (Å²) in [6, 6.07) is 9.14. The van der Waals surface area contributed by atoms with Crippen molar-refractivity contribution in [1.29, 1.82) is 0 Å². The maximum absolute atomic E-state index is 5.11. The van der Waals surface area contributed by atoms with Gasteiger partial charge >= 0.3 is 0 Å². The highest BCUT2D eigenvalue weighted by Gasteiger charge is 1.97. The minimum absolute atomic E-state index is 0.562. The first-order valence-corrected chi connectivity index (χ1v) is 5.52. The van der Waals surface area contributed by atoms with Crippen molar-refractivity contribution in [3.8, 4) is 0 Å². The molecule has 0 atom stereocenters. The molecule has 0 aromatic heterocycles. The number of benzene rings is 1. The molecule has 15 heavy (non-hydrogen) atoms. The molecule has 0 aliphatic rings. The fourth-order valence-electron chi connectivity index (χ4n) is 1.55. The predicted molar refractivity (Wildman–Crippen MR) is 64.0 cm³/mol. The fraction of sp³-hybridized carbons (Fsp3) is 0.538. The molecule has 1 aromatic rings. The molecule has 1 aromatic carbocycles. The zero-order valence-corrected chi connectivity index (χ0v) is 9.92. The summed E-state index contributed by atoms with van der Waals surface area (Å²) < 4.78 is 5.11. The van der Waals surface area contributed by atoms with E-state index in [1.165, 1.54) is 11.1 Å². The molecule has 0 amide bonds.